The number of nitrogens with one attached hydrogen (secondary N) is 2. The molecule has 1 atom stereocenters. The molecule has 76 valence electrons. The largest absolute Gasteiger partial charge is 0.315 e. The molecule has 4 heteroatoms. The summed E-state index contributed by atoms with van der Waals surface area (Å²) < 4.78 is -0.420. The van der Waals surface area contributed by atoms with Crippen molar-refractivity contribution in [2.75, 3.05) is 19.6 Å². The van der Waals surface area contributed by atoms with Crippen molar-refractivity contribution in [3.8, 4) is 0 Å². The molecule has 0 aromatic heterocycles. The number of alkyl halides is 2. The highest BCUT2D eigenvalue weighted by atomic mass is 35.5. The Morgan fingerprint density at radius 2 is 1.92 bits per heavy atom. The van der Waals surface area contributed by atoms with Gasteiger partial charge in [0, 0.05) is 31.6 Å². The molecule has 0 radical (unpaired) electrons. The molecule has 0 spiro atoms. The Labute approximate surface area is 89.4 Å². The van der Waals surface area contributed by atoms with Crippen molar-refractivity contribution in [1.82, 2.24) is 10.6 Å². The van der Waals surface area contributed by atoms with E-state index in [9.17, 15) is 0 Å². The molecule has 2 fully saturated rings. The first-order chi connectivity index (χ1) is 6.18. The number of hydrogen-bond acceptors (Lipinski definition) is 2. The SMILES string of the molecule is ClC1(Cl)CC1CNCCNC1CC1. The maximum atomic E-state index is 5.89. The number of rotatable bonds is 6. The van der Waals surface area contributed by atoms with Crippen LogP contribution >= 0.6 is 23.2 Å². The van der Waals surface area contributed by atoms with E-state index in [4.69, 9.17) is 23.2 Å². The molecule has 2 saturated carbocycles. The van der Waals surface area contributed by atoms with Crippen LogP contribution in [-0.4, -0.2) is 30.0 Å². The average molecular weight is 223 g/mol. The van der Waals surface area contributed by atoms with Gasteiger partial charge in [-0.05, 0) is 19.3 Å². The summed E-state index contributed by atoms with van der Waals surface area (Å²) in [5.41, 5.74) is 0. The Balaban J connectivity index is 1.41. The fraction of sp³-hybridized carbons (Fsp3) is 1.00. The molecule has 2 aliphatic carbocycles. The predicted octanol–water partition coefficient (Wildman–Crippen LogP) is 1.52. The van der Waals surface area contributed by atoms with Crippen molar-refractivity contribution < 1.29 is 0 Å². The maximum Gasteiger partial charge on any atom is 0.122 e. The molecule has 1 unspecified atom stereocenters. The van der Waals surface area contributed by atoms with Crippen LogP contribution < -0.4 is 10.6 Å². The zero-order valence-electron chi connectivity index (χ0n) is 7.65. The van der Waals surface area contributed by atoms with Crippen molar-refractivity contribution in [2.45, 2.75) is 29.6 Å². The summed E-state index contributed by atoms with van der Waals surface area (Å²) in [7, 11) is 0. The monoisotopic (exact) mass is 222 g/mol. The summed E-state index contributed by atoms with van der Waals surface area (Å²) in [6.45, 7) is 3.05. The second-order valence-electron chi connectivity index (χ2n) is 4.09. The van der Waals surface area contributed by atoms with E-state index in [0.29, 0.717) is 5.92 Å². The Bertz CT molecular complexity index is 180. The quantitative estimate of drug-likeness (QED) is 0.527. The van der Waals surface area contributed by atoms with Crippen LogP contribution in [-0.2, 0) is 0 Å². The Hall–Kier alpha value is 0.500. The first-order valence-corrected chi connectivity index (χ1v) is 5.76. The number of halogens is 2. The summed E-state index contributed by atoms with van der Waals surface area (Å²) >= 11 is 11.8. The topological polar surface area (TPSA) is 24.1 Å². The van der Waals surface area contributed by atoms with E-state index in [1.165, 1.54) is 12.8 Å². The Morgan fingerprint density at radius 3 is 2.46 bits per heavy atom. The number of hydrogen-bond donors (Lipinski definition) is 2. The van der Waals surface area contributed by atoms with Crippen LogP contribution in [0.1, 0.15) is 19.3 Å². The van der Waals surface area contributed by atoms with Gasteiger partial charge in [-0.3, -0.25) is 0 Å². The van der Waals surface area contributed by atoms with E-state index in [0.717, 1.165) is 32.1 Å². The molecule has 0 aromatic rings. The van der Waals surface area contributed by atoms with Gasteiger partial charge in [-0.1, -0.05) is 0 Å². The van der Waals surface area contributed by atoms with E-state index in [-0.39, 0.29) is 0 Å². The molecule has 0 aliphatic heterocycles. The van der Waals surface area contributed by atoms with Gasteiger partial charge in [0.1, 0.15) is 4.33 Å². The summed E-state index contributed by atoms with van der Waals surface area (Å²) in [6.07, 6.45) is 3.66. The molecule has 2 nitrogen and oxygen atoms in total. The second-order valence-corrected chi connectivity index (χ2v) is 5.64. The highest BCUT2D eigenvalue weighted by Crippen LogP contribution is 2.52. The van der Waals surface area contributed by atoms with Crippen LogP contribution in [0.25, 0.3) is 0 Å². The van der Waals surface area contributed by atoms with E-state index in [1.54, 1.807) is 0 Å². The van der Waals surface area contributed by atoms with Gasteiger partial charge in [0.25, 0.3) is 0 Å². The lowest BCUT2D eigenvalue weighted by molar-refractivity contribution is 0.586. The van der Waals surface area contributed by atoms with Gasteiger partial charge in [-0.2, -0.15) is 0 Å². The smallest absolute Gasteiger partial charge is 0.122 e. The first kappa shape index (κ1) is 10.0. The summed E-state index contributed by atoms with van der Waals surface area (Å²) in [6, 6.07) is 0.808. The van der Waals surface area contributed by atoms with Gasteiger partial charge in [-0.15, -0.1) is 23.2 Å². The van der Waals surface area contributed by atoms with Crippen molar-refractivity contribution >= 4 is 23.2 Å². The third-order valence-electron chi connectivity index (χ3n) is 2.66. The van der Waals surface area contributed by atoms with Crippen LogP contribution in [0.5, 0.6) is 0 Å². The van der Waals surface area contributed by atoms with Crippen LogP contribution in [0.3, 0.4) is 0 Å². The summed E-state index contributed by atoms with van der Waals surface area (Å²) in [5, 5.41) is 6.80. The maximum absolute atomic E-state index is 5.89. The van der Waals surface area contributed by atoms with E-state index >= 15 is 0 Å². The fourth-order valence-electron chi connectivity index (χ4n) is 1.42. The van der Waals surface area contributed by atoms with Crippen molar-refractivity contribution in [2.24, 2.45) is 5.92 Å². The van der Waals surface area contributed by atoms with Crippen LogP contribution in [0.4, 0.5) is 0 Å². The zero-order chi connectivity index (χ0) is 9.31. The molecular formula is C9H16Cl2N2. The third-order valence-corrected chi connectivity index (χ3v) is 3.58. The lowest BCUT2D eigenvalue weighted by Gasteiger charge is -2.05. The standard InChI is InChI=1S/C9H16Cl2N2/c10-9(11)5-7(9)6-12-3-4-13-8-1-2-8/h7-8,12-13H,1-6H2. The minimum atomic E-state index is -0.420. The lowest BCUT2D eigenvalue weighted by Crippen LogP contribution is -2.30. The molecule has 0 bridgehead atoms. The second kappa shape index (κ2) is 3.93. The highest BCUT2D eigenvalue weighted by Gasteiger charge is 2.50. The molecule has 0 saturated heterocycles. The van der Waals surface area contributed by atoms with E-state index in [1.807, 2.05) is 0 Å². The van der Waals surface area contributed by atoms with Crippen LogP contribution in [0, 0.1) is 5.92 Å². The van der Waals surface area contributed by atoms with Crippen molar-refractivity contribution in [3.05, 3.63) is 0 Å². The molecule has 2 aliphatic rings. The Morgan fingerprint density at radius 1 is 1.23 bits per heavy atom. The van der Waals surface area contributed by atoms with E-state index < -0.39 is 4.33 Å². The fourth-order valence-corrected chi connectivity index (χ4v) is 1.95. The minimum Gasteiger partial charge on any atom is -0.315 e. The minimum absolute atomic E-state index is 0.420. The molecule has 2 N–H and O–H groups in total. The first-order valence-electron chi connectivity index (χ1n) is 5.00. The molecular weight excluding hydrogens is 207 g/mol. The molecule has 13 heavy (non-hydrogen) atoms. The van der Waals surface area contributed by atoms with Gasteiger partial charge < -0.3 is 10.6 Å². The zero-order valence-corrected chi connectivity index (χ0v) is 9.17. The van der Waals surface area contributed by atoms with E-state index in [2.05, 4.69) is 10.6 Å². The van der Waals surface area contributed by atoms with Crippen LogP contribution in [0.15, 0.2) is 0 Å². The third kappa shape index (κ3) is 3.28. The molecule has 0 amide bonds. The average Bonchev–Trinajstić information content (AvgIpc) is 2.91. The van der Waals surface area contributed by atoms with Crippen molar-refractivity contribution in [1.29, 1.82) is 0 Å². The summed E-state index contributed by atoms with van der Waals surface area (Å²) in [5.74, 6) is 0.469. The van der Waals surface area contributed by atoms with Crippen molar-refractivity contribution in [3.63, 3.8) is 0 Å². The predicted molar refractivity (Wildman–Crippen MR) is 56.4 cm³/mol. The van der Waals surface area contributed by atoms with Gasteiger partial charge in [-0.25, -0.2) is 0 Å². The molecule has 0 heterocycles. The van der Waals surface area contributed by atoms with Crippen LogP contribution in [0.2, 0.25) is 0 Å². The lowest BCUT2D eigenvalue weighted by atomic mass is 10.4. The van der Waals surface area contributed by atoms with Gasteiger partial charge in [0.05, 0.1) is 0 Å². The molecule has 2 rings (SSSR count). The Kier molecular flexibility index (Phi) is 3.04. The highest BCUT2D eigenvalue weighted by molar-refractivity contribution is 6.50. The van der Waals surface area contributed by atoms with Gasteiger partial charge in [0.15, 0.2) is 0 Å². The summed E-state index contributed by atoms with van der Waals surface area (Å²) in [4.78, 5) is 0. The normalized spacial score (nSPS) is 30.5. The van der Waals surface area contributed by atoms with Gasteiger partial charge >= 0.3 is 0 Å². The van der Waals surface area contributed by atoms with Gasteiger partial charge in [0.2, 0.25) is 0 Å². The molecule has 0 aromatic carbocycles.